The SMILES string of the molecule is CON=C(C)c1ccc(-c2ccccc2NC(=O)Cc2c(C)nn(C)c2F)cc1. The second-order valence-electron chi connectivity index (χ2n) is 6.69. The van der Waals surface area contributed by atoms with Crippen molar-refractivity contribution in [2.45, 2.75) is 20.3 Å². The number of nitrogens with one attached hydrogen (secondary N) is 1. The number of para-hydroxylation sites is 1. The molecule has 0 bridgehead atoms. The van der Waals surface area contributed by atoms with E-state index in [2.05, 4.69) is 15.6 Å². The van der Waals surface area contributed by atoms with E-state index >= 15 is 0 Å². The average molecular weight is 394 g/mol. The summed E-state index contributed by atoms with van der Waals surface area (Å²) in [5.41, 5.74) is 5.01. The van der Waals surface area contributed by atoms with Gasteiger partial charge in [0.25, 0.3) is 0 Å². The van der Waals surface area contributed by atoms with E-state index in [1.807, 2.05) is 55.5 Å². The van der Waals surface area contributed by atoms with Gasteiger partial charge in [-0.3, -0.25) is 4.79 Å². The number of aromatic nitrogens is 2. The molecule has 2 aromatic carbocycles. The molecule has 0 radical (unpaired) electrons. The highest BCUT2D eigenvalue weighted by Crippen LogP contribution is 2.28. The maximum Gasteiger partial charge on any atom is 0.229 e. The Labute approximate surface area is 169 Å². The molecule has 7 heteroatoms. The van der Waals surface area contributed by atoms with Crippen LogP contribution in [0.3, 0.4) is 0 Å². The van der Waals surface area contributed by atoms with Crippen molar-refractivity contribution in [2.24, 2.45) is 12.2 Å². The van der Waals surface area contributed by atoms with Crippen molar-refractivity contribution in [3.8, 4) is 11.1 Å². The van der Waals surface area contributed by atoms with Crippen molar-refractivity contribution >= 4 is 17.3 Å². The van der Waals surface area contributed by atoms with Gasteiger partial charge in [0, 0.05) is 23.9 Å². The van der Waals surface area contributed by atoms with Crippen LogP contribution in [-0.4, -0.2) is 28.5 Å². The number of hydrogen-bond donors (Lipinski definition) is 1. The number of benzene rings is 2. The number of anilines is 1. The molecule has 0 saturated heterocycles. The fourth-order valence-electron chi connectivity index (χ4n) is 3.15. The lowest BCUT2D eigenvalue weighted by molar-refractivity contribution is -0.115. The largest absolute Gasteiger partial charge is 0.399 e. The van der Waals surface area contributed by atoms with Crippen molar-refractivity contribution in [3.63, 3.8) is 0 Å². The summed E-state index contributed by atoms with van der Waals surface area (Å²) in [7, 11) is 3.03. The van der Waals surface area contributed by atoms with Gasteiger partial charge in [0.05, 0.1) is 17.8 Å². The third-order valence-corrected chi connectivity index (χ3v) is 4.65. The van der Waals surface area contributed by atoms with Crippen LogP contribution in [0.25, 0.3) is 11.1 Å². The summed E-state index contributed by atoms with van der Waals surface area (Å²) in [5.74, 6) is -0.790. The van der Waals surface area contributed by atoms with Gasteiger partial charge in [-0.15, -0.1) is 0 Å². The fraction of sp³-hybridized carbons (Fsp3) is 0.227. The Bertz CT molecular complexity index is 1060. The Morgan fingerprint density at radius 1 is 1.21 bits per heavy atom. The zero-order valence-electron chi connectivity index (χ0n) is 16.9. The maximum atomic E-state index is 14.1. The number of carbonyl (C=O) groups excluding carboxylic acids is 1. The number of hydrogen-bond acceptors (Lipinski definition) is 4. The third-order valence-electron chi connectivity index (χ3n) is 4.65. The molecule has 1 amide bonds. The summed E-state index contributed by atoms with van der Waals surface area (Å²) < 4.78 is 15.3. The summed E-state index contributed by atoms with van der Waals surface area (Å²) in [6.07, 6.45) is -0.0779. The predicted molar refractivity (Wildman–Crippen MR) is 111 cm³/mol. The minimum absolute atomic E-state index is 0.0779. The molecule has 150 valence electrons. The number of halogens is 1. The van der Waals surface area contributed by atoms with E-state index in [9.17, 15) is 9.18 Å². The smallest absolute Gasteiger partial charge is 0.229 e. The van der Waals surface area contributed by atoms with Crippen molar-refractivity contribution in [1.82, 2.24) is 9.78 Å². The zero-order chi connectivity index (χ0) is 21.0. The van der Waals surface area contributed by atoms with Crippen LogP contribution in [0.15, 0.2) is 53.7 Å². The van der Waals surface area contributed by atoms with Crippen LogP contribution in [0.4, 0.5) is 10.1 Å². The van der Waals surface area contributed by atoms with E-state index in [0.717, 1.165) is 27.1 Å². The van der Waals surface area contributed by atoms with Gasteiger partial charge in [0.15, 0.2) is 0 Å². The number of aryl methyl sites for hydroxylation is 2. The molecule has 0 spiro atoms. The van der Waals surface area contributed by atoms with Gasteiger partial charge in [0.1, 0.15) is 7.11 Å². The van der Waals surface area contributed by atoms with Crippen LogP contribution in [-0.2, 0) is 23.1 Å². The molecule has 0 aliphatic carbocycles. The Morgan fingerprint density at radius 2 is 1.90 bits per heavy atom. The van der Waals surface area contributed by atoms with Crippen LogP contribution in [0.2, 0.25) is 0 Å². The summed E-state index contributed by atoms with van der Waals surface area (Å²) in [6, 6.07) is 15.3. The first-order valence-corrected chi connectivity index (χ1v) is 9.16. The highest BCUT2D eigenvalue weighted by molar-refractivity contribution is 5.99. The predicted octanol–water partition coefficient (Wildman–Crippen LogP) is 4.09. The monoisotopic (exact) mass is 394 g/mol. The summed E-state index contributed by atoms with van der Waals surface area (Å²) in [6.45, 7) is 3.56. The molecule has 0 saturated carbocycles. The molecule has 0 aliphatic heterocycles. The first-order valence-electron chi connectivity index (χ1n) is 9.16. The lowest BCUT2D eigenvalue weighted by Gasteiger charge is -2.12. The zero-order valence-corrected chi connectivity index (χ0v) is 16.9. The first-order chi connectivity index (χ1) is 13.9. The number of amides is 1. The Balaban J connectivity index is 1.82. The molecule has 0 unspecified atom stereocenters. The topological polar surface area (TPSA) is 68.5 Å². The second kappa shape index (κ2) is 8.68. The van der Waals surface area contributed by atoms with Crippen LogP contribution < -0.4 is 5.32 Å². The first kappa shape index (κ1) is 20.3. The Kier molecular flexibility index (Phi) is 6.07. The molecular formula is C22H23FN4O2. The van der Waals surface area contributed by atoms with Gasteiger partial charge in [-0.25, -0.2) is 4.68 Å². The van der Waals surface area contributed by atoms with Gasteiger partial charge < -0.3 is 10.2 Å². The Morgan fingerprint density at radius 3 is 2.52 bits per heavy atom. The maximum absolute atomic E-state index is 14.1. The standard InChI is InChI=1S/C22H23FN4O2/c1-14(26-29-4)16-9-11-17(12-10-16)18-7-5-6-8-20(18)24-21(28)13-19-15(2)25-27(3)22(19)23/h5-12H,13H2,1-4H3,(H,24,28). The quantitative estimate of drug-likeness (QED) is 0.506. The van der Waals surface area contributed by atoms with Gasteiger partial charge in [-0.05, 0) is 31.0 Å². The van der Waals surface area contributed by atoms with Crippen molar-refractivity contribution in [2.75, 3.05) is 12.4 Å². The Hall–Kier alpha value is -3.48. The molecule has 3 rings (SSSR count). The molecule has 0 aliphatic rings. The average Bonchev–Trinajstić information content (AvgIpc) is 2.95. The van der Waals surface area contributed by atoms with Crippen LogP contribution in [0.1, 0.15) is 23.7 Å². The lowest BCUT2D eigenvalue weighted by Crippen LogP contribution is -2.16. The fourth-order valence-corrected chi connectivity index (χ4v) is 3.15. The summed E-state index contributed by atoms with van der Waals surface area (Å²) in [4.78, 5) is 17.4. The minimum atomic E-state index is -0.491. The van der Waals surface area contributed by atoms with E-state index in [-0.39, 0.29) is 12.3 Å². The van der Waals surface area contributed by atoms with E-state index in [1.54, 1.807) is 6.92 Å². The highest BCUT2D eigenvalue weighted by atomic mass is 19.1. The van der Waals surface area contributed by atoms with Gasteiger partial charge in [-0.1, -0.05) is 47.6 Å². The van der Waals surface area contributed by atoms with Crippen LogP contribution in [0, 0.1) is 12.9 Å². The van der Waals surface area contributed by atoms with Gasteiger partial charge in [0.2, 0.25) is 11.9 Å². The van der Waals surface area contributed by atoms with Crippen LogP contribution in [0.5, 0.6) is 0 Å². The summed E-state index contributed by atoms with van der Waals surface area (Å²) in [5, 5.41) is 10.8. The molecule has 6 nitrogen and oxygen atoms in total. The third kappa shape index (κ3) is 4.51. The normalized spacial score (nSPS) is 11.4. The second-order valence-corrected chi connectivity index (χ2v) is 6.69. The van der Waals surface area contributed by atoms with Crippen LogP contribution >= 0.6 is 0 Å². The van der Waals surface area contributed by atoms with Gasteiger partial charge in [-0.2, -0.15) is 9.49 Å². The minimum Gasteiger partial charge on any atom is -0.399 e. The van der Waals surface area contributed by atoms with E-state index in [1.165, 1.54) is 14.2 Å². The molecule has 29 heavy (non-hydrogen) atoms. The number of rotatable bonds is 6. The molecule has 3 aromatic rings. The van der Waals surface area contributed by atoms with Crippen molar-refractivity contribution in [3.05, 3.63) is 71.3 Å². The van der Waals surface area contributed by atoms with E-state index in [0.29, 0.717) is 16.9 Å². The molecular weight excluding hydrogens is 371 g/mol. The highest BCUT2D eigenvalue weighted by Gasteiger charge is 2.17. The van der Waals surface area contributed by atoms with Crippen molar-refractivity contribution < 1.29 is 14.0 Å². The number of carbonyl (C=O) groups is 1. The molecule has 0 atom stereocenters. The molecule has 0 fully saturated rings. The van der Waals surface area contributed by atoms with Gasteiger partial charge >= 0.3 is 0 Å². The molecule has 1 heterocycles. The van der Waals surface area contributed by atoms with Crippen molar-refractivity contribution in [1.29, 1.82) is 0 Å². The van der Waals surface area contributed by atoms with E-state index < -0.39 is 5.95 Å². The molecule has 1 aromatic heterocycles. The number of nitrogens with zero attached hydrogens (tertiary/aromatic N) is 3. The number of oxime groups is 1. The van der Waals surface area contributed by atoms with E-state index in [4.69, 9.17) is 4.84 Å². The molecule has 1 N–H and O–H groups in total. The summed E-state index contributed by atoms with van der Waals surface area (Å²) >= 11 is 0. The lowest BCUT2D eigenvalue weighted by atomic mass is 10.0.